The number of aryl methyl sites for hydroxylation is 1. The van der Waals surface area contributed by atoms with Crippen molar-refractivity contribution in [2.45, 2.75) is 33.2 Å². The predicted molar refractivity (Wildman–Crippen MR) is 83.6 cm³/mol. The molecule has 0 aliphatic rings. The van der Waals surface area contributed by atoms with Crippen LogP contribution in [0.3, 0.4) is 0 Å². The lowest BCUT2D eigenvalue weighted by atomic mass is 10.1. The fraction of sp³-hybridized carbons (Fsp3) is 0.533. The highest BCUT2D eigenvalue weighted by Crippen LogP contribution is 2.16. The van der Waals surface area contributed by atoms with Crippen LogP contribution in [0.5, 0.6) is 0 Å². The first-order valence-electron chi connectivity index (χ1n) is 6.70. The van der Waals surface area contributed by atoms with Gasteiger partial charge < -0.3 is 10.2 Å². The van der Waals surface area contributed by atoms with Crippen LogP contribution in [-0.2, 0) is 0 Å². The predicted octanol–water partition coefficient (Wildman–Crippen LogP) is 3.22. The quantitative estimate of drug-likeness (QED) is 0.870. The fourth-order valence-corrected chi connectivity index (χ4v) is 2.01. The molecule has 1 aromatic carbocycles. The number of carbonyl (C=O) groups is 1. The van der Waals surface area contributed by atoms with Crippen molar-refractivity contribution in [1.29, 1.82) is 0 Å². The number of benzene rings is 1. The number of nitrogens with zero attached hydrogens (tertiary/aromatic N) is 1. The molecule has 0 saturated carbocycles. The minimum absolute atomic E-state index is 0.00634. The molecule has 1 rings (SSSR count). The Morgan fingerprint density at radius 1 is 1.47 bits per heavy atom. The number of hydrogen-bond acceptors (Lipinski definition) is 2. The van der Waals surface area contributed by atoms with Gasteiger partial charge in [0.15, 0.2) is 0 Å². The topological polar surface area (TPSA) is 32.3 Å². The number of nitrogens with one attached hydrogen (secondary N) is 1. The van der Waals surface area contributed by atoms with E-state index in [0.29, 0.717) is 18.2 Å². The lowest BCUT2D eigenvalue weighted by Crippen LogP contribution is -2.37. The maximum atomic E-state index is 12.0. The molecule has 1 unspecified atom stereocenters. The van der Waals surface area contributed by atoms with E-state index in [1.807, 2.05) is 25.1 Å². The minimum atomic E-state index is -0.00634. The Labute approximate surface area is 124 Å². The van der Waals surface area contributed by atoms with Crippen molar-refractivity contribution < 1.29 is 4.79 Å². The second-order valence-corrected chi connectivity index (χ2v) is 5.81. The summed E-state index contributed by atoms with van der Waals surface area (Å²) in [5.74, 6) is -0.00634. The van der Waals surface area contributed by atoms with Gasteiger partial charge in [-0.3, -0.25) is 4.79 Å². The maximum Gasteiger partial charge on any atom is 0.251 e. The van der Waals surface area contributed by atoms with E-state index in [9.17, 15) is 4.79 Å². The van der Waals surface area contributed by atoms with Gasteiger partial charge in [0.25, 0.3) is 5.91 Å². The maximum absolute atomic E-state index is 12.0. The molecule has 106 valence electrons. The van der Waals surface area contributed by atoms with Crippen LogP contribution in [0.2, 0.25) is 0 Å². The highest BCUT2D eigenvalue weighted by molar-refractivity contribution is 9.10. The van der Waals surface area contributed by atoms with E-state index in [0.717, 1.165) is 23.0 Å². The Bertz CT molecular complexity index is 434. The Hall–Kier alpha value is -0.870. The zero-order chi connectivity index (χ0) is 14.4. The normalized spacial score (nSPS) is 12.5. The molecule has 19 heavy (non-hydrogen) atoms. The van der Waals surface area contributed by atoms with Crippen molar-refractivity contribution in [3.05, 3.63) is 33.8 Å². The molecular formula is C15H23BrN2O. The third-order valence-corrected chi connectivity index (χ3v) is 4.40. The highest BCUT2D eigenvalue weighted by Gasteiger charge is 2.09. The molecule has 1 amide bonds. The Morgan fingerprint density at radius 2 is 2.16 bits per heavy atom. The third kappa shape index (κ3) is 4.96. The molecule has 4 heteroatoms. The van der Waals surface area contributed by atoms with E-state index in [2.05, 4.69) is 47.0 Å². The summed E-state index contributed by atoms with van der Waals surface area (Å²) in [6.45, 7) is 7.90. The van der Waals surface area contributed by atoms with Gasteiger partial charge in [0.05, 0.1) is 0 Å². The van der Waals surface area contributed by atoms with Crippen molar-refractivity contribution in [3.8, 4) is 0 Å². The van der Waals surface area contributed by atoms with Crippen LogP contribution >= 0.6 is 15.9 Å². The molecule has 0 fully saturated rings. The molecule has 1 aromatic rings. The van der Waals surface area contributed by atoms with Gasteiger partial charge in [-0.05, 0) is 51.1 Å². The van der Waals surface area contributed by atoms with Gasteiger partial charge in [-0.15, -0.1) is 0 Å². The van der Waals surface area contributed by atoms with Crippen LogP contribution in [0, 0.1) is 6.92 Å². The molecule has 0 aliphatic heterocycles. The van der Waals surface area contributed by atoms with Gasteiger partial charge in [-0.2, -0.15) is 0 Å². The first-order chi connectivity index (χ1) is 8.95. The number of carbonyl (C=O) groups excluding carboxylic acids is 1. The van der Waals surface area contributed by atoms with Crippen LogP contribution in [0.15, 0.2) is 22.7 Å². The first-order valence-corrected chi connectivity index (χ1v) is 7.49. The number of hydrogen-bond donors (Lipinski definition) is 1. The van der Waals surface area contributed by atoms with Crippen LogP contribution in [0.25, 0.3) is 0 Å². The number of likely N-dealkylation sites (N-methyl/N-ethyl adjacent to an activating group) is 1. The van der Waals surface area contributed by atoms with E-state index in [1.54, 1.807) is 0 Å². The molecule has 0 radical (unpaired) electrons. The van der Waals surface area contributed by atoms with Gasteiger partial charge in [-0.25, -0.2) is 0 Å². The largest absolute Gasteiger partial charge is 0.351 e. The zero-order valence-corrected chi connectivity index (χ0v) is 13.8. The summed E-state index contributed by atoms with van der Waals surface area (Å²) in [6, 6.07) is 6.20. The molecule has 0 saturated heterocycles. The smallest absolute Gasteiger partial charge is 0.251 e. The lowest BCUT2D eigenvalue weighted by Gasteiger charge is -2.23. The van der Waals surface area contributed by atoms with E-state index in [-0.39, 0.29) is 5.91 Å². The molecule has 0 aromatic heterocycles. The van der Waals surface area contributed by atoms with Gasteiger partial charge in [0, 0.05) is 29.2 Å². The van der Waals surface area contributed by atoms with E-state index < -0.39 is 0 Å². The van der Waals surface area contributed by atoms with Crippen LogP contribution in [0.4, 0.5) is 0 Å². The van der Waals surface area contributed by atoms with Crippen LogP contribution in [0.1, 0.15) is 36.2 Å². The van der Waals surface area contributed by atoms with Crippen molar-refractivity contribution in [2.24, 2.45) is 0 Å². The highest BCUT2D eigenvalue weighted by atomic mass is 79.9. The molecular weight excluding hydrogens is 304 g/mol. The fourth-order valence-electron chi connectivity index (χ4n) is 1.77. The average molecular weight is 327 g/mol. The van der Waals surface area contributed by atoms with Gasteiger partial charge in [0.2, 0.25) is 0 Å². The van der Waals surface area contributed by atoms with Crippen molar-refractivity contribution in [1.82, 2.24) is 10.2 Å². The second kappa shape index (κ2) is 7.65. The molecule has 0 spiro atoms. The molecule has 3 nitrogen and oxygen atoms in total. The molecule has 1 atom stereocenters. The van der Waals surface area contributed by atoms with Gasteiger partial charge >= 0.3 is 0 Å². The summed E-state index contributed by atoms with van der Waals surface area (Å²) in [4.78, 5) is 14.2. The van der Waals surface area contributed by atoms with E-state index in [1.165, 1.54) is 0 Å². The van der Waals surface area contributed by atoms with Crippen molar-refractivity contribution in [3.63, 3.8) is 0 Å². The molecule has 0 heterocycles. The summed E-state index contributed by atoms with van der Waals surface area (Å²) >= 11 is 3.44. The number of rotatable bonds is 6. The third-order valence-electron chi connectivity index (χ3n) is 3.51. The van der Waals surface area contributed by atoms with Crippen molar-refractivity contribution >= 4 is 21.8 Å². The average Bonchev–Trinajstić information content (AvgIpc) is 2.40. The first kappa shape index (κ1) is 16.2. The van der Waals surface area contributed by atoms with E-state index >= 15 is 0 Å². The van der Waals surface area contributed by atoms with Crippen molar-refractivity contribution in [2.75, 3.05) is 20.1 Å². The Balaban J connectivity index is 2.45. The Morgan fingerprint density at radius 3 is 2.74 bits per heavy atom. The summed E-state index contributed by atoms with van der Waals surface area (Å²) in [5, 5.41) is 2.96. The van der Waals surface area contributed by atoms with Gasteiger partial charge in [0.1, 0.15) is 0 Å². The van der Waals surface area contributed by atoms with Crippen LogP contribution in [-0.4, -0.2) is 37.0 Å². The zero-order valence-electron chi connectivity index (χ0n) is 12.2. The monoisotopic (exact) mass is 326 g/mol. The minimum Gasteiger partial charge on any atom is -0.351 e. The summed E-state index contributed by atoms with van der Waals surface area (Å²) in [5.41, 5.74) is 1.79. The molecule has 0 aliphatic carbocycles. The van der Waals surface area contributed by atoms with E-state index in [4.69, 9.17) is 0 Å². The SMILES string of the molecule is CCC(C)N(C)CCNC(=O)c1ccc(Br)c(C)c1. The number of amides is 1. The molecule has 0 bridgehead atoms. The summed E-state index contributed by atoms with van der Waals surface area (Å²) in [7, 11) is 2.09. The van der Waals surface area contributed by atoms with Gasteiger partial charge in [-0.1, -0.05) is 22.9 Å². The molecule has 1 N–H and O–H groups in total. The lowest BCUT2D eigenvalue weighted by molar-refractivity contribution is 0.0947. The van der Waals surface area contributed by atoms with Crippen LogP contribution < -0.4 is 5.32 Å². The summed E-state index contributed by atoms with van der Waals surface area (Å²) in [6.07, 6.45) is 1.12. The second-order valence-electron chi connectivity index (χ2n) is 4.96. The Kier molecular flexibility index (Phi) is 6.52. The number of halogens is 1. The summed E-state index contributed by atoms with van der Waals surface area (Å²) < 4.78 is 1.03. The standard InChI is InChI=1S/C15H23BrN2O/c1-5-12(3)18(4)9-8-17-15(19)13-6-7-14(16)11(2)10-13/h6-7,10,12H,5,8-9H2,1-4H3,(H,17,19).